The van der Waals surface area contributed by atoms with Crippen molar-refractivity contribution in [1.82, 2.24) is 9.97 Å². The molecule has 0 fully saturated rings. The molecule has 0 saturated heterocycles. The second-order valence-electron chi connectivity index (χ2n) is 6.33. The molecule has 0 saturated carbocycles. The second kappa shape index (κ2) is 7.93. The Kier molecular flexibility index (Phi) is 5.03. The lowest BCUT2D eigenvalue weighted by molar-refractivity contribution is -0.105. The third-order valence-corrected chi connectivity index (χ3v) is 4.61. The molecule has 2 heterocycles. The minimum absolute atomic E-state index is 0.650. The van der Waals surface area contributed by atoms with Gasteiger partial charge in [-0.05, 0) is 42.0 Å². The Morgan fingerprint density at radius 3 is 2.38 bits per heavy atom. The van der Waals surface area contributed by atoms with Crippen LogP contribution < -0.4 is 20.1 Å². The van der Waals surface area contributed by atoms with Crippen LogP contribution in [0.25, 0.3) is 22.2 Å². The number of ether oxygens (including phenoxy) is 2. The molecule has 1 amide bonds. The van der Waals surface area contributed by atoms with Crippen molar-refractivity contribution in [3.05, 3.63) is 60.8 Å². The fraction of sp³-hybridized carbons (Fsp3) is 0.0909. The highest BCUT2D eigenvalue weighted by molar-refractivity contribution is 5.95. The monoisotopic (exact) mass is 388 g/mol. The molecular weight excluding hydrogens is 368 g/mol. The van der Waals surface area contributed by atoms with Gasteiger partial charge in [0.15, 0.2) is 0 Å². The van der Waals surface area contributed by atoms with Crippen molar-refractivity contribution in [1.29, 1.82) is 0 Å². The maximum atomic E-state index is 10.8. The minimum atomic E-state index is 0.650. The summed E-state index contributed by atoms with van der Waals surface area (Å²) in [4.78, 5) is 18.7. The van der Waals surface area contributed by atoms with Crippen LogP contribution >= 0.6 is 0 Å². The Hall–Kier alpha value is -4.00. The van der Waals surface area contributed by atoms with Gasteiger partial charge in [-0.15, -0.1) is 0 Å². The number of carbonyl (C=O) groups is 1. The van der Waals surface area contributed by atoms with Gasteiger partial charge >= 0.3 is 0 Å². The molecule has 3 N–H and O–H groups in total. The van der Waals surface area contributed by atoms with Crippen molar-refractivity contribution in [2.75, 3.05) is 24.9 Å². The molecule has 0 radical (unpaired) electrons. The van der Waals surface area contributed by atoms with Crippen LogP contribution in [0, 0.1) is 0 Å². The van der Waals surface area contributed by atoms with Gasteiger partial charge in [-0.25, -0.2) is 4.98 Å². The van der Waals surface area contributed by atoms with Crippen LogP contribution in [0.2, 0.25) is 0 Å². The predicted octanol–water partition coefficient (Wildman–Crippen LogP) is 4.56. The number of methoxy groups -OCH3 is 2. The number of para-hydroxylation sites is 2. The molecule has 0 aliphatic heterocycles. The van der Waals surface area contributed by atoms with E-state index in [0.717, 1.165) is 39.3 Å². The standard InChI is InChI=1S/C22H20N4O3/c1-28-15-9-14(10-16(11-15)29-2)18-12-23-22-17(18)7-8-21(26-22)25-20-6-4-3-5-19(20)24-13-27/h3-13H,1-2H3,(H,24,27)(H2,23,25,26). The smallest absolute Gasteiger partial charge is 0.211 e. The van der Waals surface area contributed by atoms with Gasteiger partial charge in [-0.1, -0.05) is 12.1 Å². The SMILES string of the molecule is COc1cc(OC)cc(-c2c[nH]c3nc(Nc4ccccc4NC=O)ccc23)c1. The van der Waals surface area contributed by atoms with Gasteiger partial charge in [0, 0.05) is 23.2 Å². The molecule has 7 nitrogen and oxygen atoms in total. The maximum Gasteiger partial charge on any atom is 0.211 e. The van der Waals surface area contributed by atoms with Crippen LogP contribution in [0.15, 0.2) is 60.8 Å². The van der Waals surface area contributed by atoms with Crippen LogP contribution in [-0.4, -0.2) is 30.6 Å². The van der Waals surface area contributed by atoms with E-state index in [2.05, 4.69) is 20.6 Å². The van der Waals surface area contributed by atoms with E-state index in [1.807, 2.05) is 60.8 Å². The summed E-state index contributed by atoms with van der Waals surface area (Å²) in [5.41, 5.74) is 4.15. The van der Waals surface area contributed by atoms with Crippen molar-refractivity contribution in [3.63, 3.8) is 0 Å². The Labute approximate surface area is 167 Å². The molecule has 0 spiro atoms. The molecule has 0 bridgehead atoms. The normalized spacial score (nSPS) is 10.6. The van der Waals surface area contributed by atoms with Crippen molar-refractivity contribution in [3.8, 4) is 22.6 Å². The van der Waals surface area contributed by atoms with Crippen molar-refractivity contribution < 1.29 is 14.3 Å². The van der Waals surface area contributed by atoms with Gasteiger partial charge in [-0.3, -0.25) is 4.79 Å². The first-order valence-electron chi connectivity index (χ1n) is 8.99. The lowest BCUT2D eigenvalue weighted by Gasteiger charge is -2.10. The van der Waals surface area contributed by atoms with Gasteiger partial charge in [0.25, 0.3) is 0 Å². The van der Waals surface area contributed by atoms with Crippen LogP contribution in [0.4, 0.5) is 17.2 Å². The van der Waals surface area contributed by atoms with E-state index in [1.165, 1.54) is 0 Å². The lowest BCUT2D eigenvalue weighted by Crippen LogP contribution is -2.00. The van der Waals surface area contributed by atoms with Crippen LogP contribution in [-0.2, 0) is 4.79 Å². The van der Waals surface area contributed by atoms with Crippen LogP contribution in [0.3, 0.4) is 0 Å². The van der Waals surface area contributed by atoms with E-state index in [-0.39, 0.29) is 0 Å². The van der Waals surface area contributed by atoms with Gasteiger partial charge < -0.3 is 25.1 Å². The Morgan fingerprint density at radius 2 is 1.69 bits per heavy atom. The van der Waals surface area contributed by atoms with E-state index in [0.29, 0.717) is 17.9 Å². The summed E-state index contributed by atoms with van der Waals surface area (Å²) in [5, 5.41) is 6.90. The highest BCUT2D eigenvalue weighted by atomic mass is 16.5. The summed E-state index contributed by atoms with van der Waals surface area (Å²) >= 11 is 0. The Balaban J connectivity index is 1.69. The quantitative estimate of drug-likeness (QED) is 0.404. The average molecular weight is 388 g/mol. The number of H-pyrrole nitrogens is 1. The Bertz CT molecular complexity index is 1150. The number of aromatic nitrogens is 2. The van der Waals surface area contributed by atoms with E-state index in [4.69, 9.17) is 9.47 Å². The first kappa shape index (κ1) is 18.4. The van der Waals surface area contributed by atoms with E-state index < -0.39 is 0 Å². The number of amides is 1. The number of fused-ring (bicyclic) bond motifs is 1. The number of carbonyl (C=O) groups excluding carboxylic acids is 1. The van der Waals surface area contributed by atoms with E-state index >= 15 is 0 Å². The molecule has 146 valence electrons. The molecular formula is C22H20N4O3. The lowest BCUT2D eigenvalue weighted by atomic mass is 10.1. The molecule has 2 aromatic heterocycles. The fourth-order valence-electron chi connectivity index (χ4n) is 3.20. The highest BCUT2D eigenvalue weighted by Gasteiger charge is 2.11. The summed E-state index contributed by atoms with van der Waals surface area (Å²) in [7, 11) is 3.26. The predicted molar refractivity (Wildman–Crippen MR) is 114 cm³/mol. The topological polar surface area (TPSA) is 88.3 Å². The number of aromatic amines is 1. The van der Waals surface area contributed by atoms with E-state index in [9.17, 15) is 4.79 Å². The largest absolute Gasteiger partial charge is 0.497 e. The van der Waals surface area contributed by atoms with Crippen molar-refractivity contribution in [2.24, 2.45) is 0 Å². The highest BCUT2D eigenvalue weighted by Crippen LogP contribution is 2.34. The number of nitrogens with one attached hydrogen (secondary N) is 3. The summed E-state index contributed by atoms with van der Waals surface area (Å²) in [6.07, 6.45) is 2.56. The zero-order valence-electron chi connectivity index (χ0n) is 16.0. The molecule has 4 aromatic rings. The number of pyridine rings is 1. The molecule has 2 aromatic carbocycles. The number of nitrogens with zero attached hydrogens (tertiary/aromatic N) is 1. The number of hydrogen-bond donors (Lipinski definition) is 3. The van der Waals surface area contributed by atoms with E-state index in [1.54, 1.807) is 14.2 Å². The first-order chi connectivity index (χ1) is 14.2. The third-order valence-electron chi connectivity index (χ3n) is 4.61. The molecule has 29 heavy (non-hydrogen) atoms. The van der Waals surface area contributed by atoms with Crippen molar-refractivity contribution >= 4 is 34.6 Å². The second-order valence-corrected chi connectivity index (χ2v) is 6.33. The summed E-state index contributed by atoms with van der Waals surface area (Å²) < 4.78 is 10.8. The van der Waals surface area contributed by atoms with Crippen molar-refractivity contribution in [2.45, 2.75) is 0 Å². The number of hydrogen-bond acceptors (Lipinski definition) is 5. The zero-order chi connectivity index (χ0) is 20.2. The van der Waals surface area contributed by atoms with Gasteiger partial charge in [-0.2, -0.15) is 0 Å². The van der Waals surface area contributed by atoms with Crippen LogP contribution in [0.1, 0.15) is 0 Å². The summed E-state index contributed by atoms with van der Waals surface area (Å²) in [6, 6.07) is 17.1. The molecule has 0 atom stereocenters. The average Bonchev–Trinajstić information content (AvgIpc) is 3.18. The Morgan fingerprint density at radius 1 is 0.966 bits per heavy atom. The fourth-order valence-corrected chi connectivity index (χ4v) is 3.20. The first-order valence-corrected chi connectivity index (χ1v) is 8.99. The molecule has 7 heteroatoms. The third kappa shape index (κ3) is 3.70. The molecule has 0 aliphatic carbocycles. The maximum absolute atomic E-state index is 10.8. The van der Waals surface area contributed by atoms with Crippen LogP contribution in [0.5, 0.6) is 11.5 Å². The summed E-state index contributed by atoms with van der Waals surface area (Å²) in [5.74, 6) is 2.10. The summed E-state index contributed by atoms with van der Waals surface area (Å²) in [6.45, 7) is 0. The minimum Gasteiger partial charge on any atom is -0.497 e. The van der Waals surface area contributed by atoms with Gasteiger partial charge in [0.1, 0.15) is 23.0 Å². The molecule has 4 rings (SSSR count). The molecule has 0 aliphatic rings. The number of benzene rings is 2. The van der Waals surface area contributed by atoms with Gasteiger partial charge in [0.05, 0.1) is 25.6 Å². The van der Waals surface area contributed by atoms with Gasteiger partial charge in [0.2, 0.25) is 6.41 Å². The number of rotatable bonds is 7. The number of anilines is 3. The zero-order valence-corrected chi connectivity index (χ0v) is 16.0. The molecule has 0 unspecified atom stereocenters.